The highest BCUT2D eigenvalue weighted by atomic mass is 32.2. The number of thioether (sulfide) groups is 1. The van der Waals surface area contributed by atoms with E-state index in [1.807, 2.05) is 24.3 Å². The number of aromatic nitrogens is 4. The quantitative estimate of drug-likeness (QED) is 0.672. The summed E-state index contributed by atoms with van der Waals surface area (Å²) in [6.45, 7) is 0. The minimum atomic E-state index is 0.267. The molecule has 0 spiro atoms. The lowest BCUT2D eigenvalue weighted by atomic mass is 10.2. The van der Waals surface area contributed by atoms with Gasteiger partial charge in [0.15, 0.2) is 10.9 Å². The van der Waals surface area contributed by atoms with E-state index in [2.05, 4.69) is 19.9 Å². The van der Waals surface area contributed by atoms with E-state index in [0.29, 0.717) is 28.5 Å². The minimum Gasteiger partial charge on any atom is -0.497 e. The zero-order valence-corrected chi connectivity index (χ0v) is 14.5. The second kappa shape index (κ2) is 6.72. The SMILES string of the molecule is COc1cccc(-c2cnc(CSc3nc(N)nc(C4CC4)n3)o2)c1. The Kier molecular flexibility index (Phi) is 4.27. The first-order valence-electron chi connectivity index (χ1n) is 7.94. The molecule has 0 unspecified atom stereocenters. The highest BCUT2D eigenvalue weighted by molar-refractivity contribution is 7.98. The van der Waals surface area contributed by atoms with Crippen LogP contribution in [0.4, 0.5) is 5.95 Å². The fourth-order valence-corrected chi connectivity index (χ4v) is 3.09. The van der Waals surface area contributed by atoms with Gasteiger partial charge in [-0.15, -0.1) is 0 Å². The van der Waals surface area contributed by atoms with Crippen LogP contribution >= 0.6 is 11.8 Å². The number of anilines is 1. The third kappa shape index (κ3) is 3.74. The fraction of sp³-hybridized carbons (Fsp3) is 0.294. The Labute approximate surface area is 149 Å². The van der Waals surface area contributed by atoms with Crippen molar-refractivity contribution >= 4 is 17.7 Å². The molecule has 25 heavy (non-hydrogen) atoms. The van der Waals surface area contributed by atoms with Crippen molar-refractivity contribution in [1.82, 2.24) is 19.9 Å². The van der Waals surface area contributed by atoms with Crippen LogP contribution in [0.25, 0.3) is 11.3 Å². The van der Waals surface area contributed by atoms with Gasteiger partial charge in [-0.3, -0.25) is 0 Å². The summed E-state index contributed by atoms with van der Waals surface area (Å²) in [6.07, 6.45) is 3.95. The van der Waals surface area contributed by atoms with Crippen LogP contribution in [0.1, 0.15) is 30.5 Å². The van der Waals surface area contributed by atoms with Crippen molar-refractivity contribution in [2.45, 2.75) is 29.7 Å². The normalized spacial score (nSPS) is 13.8. The zero-order valence-electron chi connectivity index (χ0n) is 13.7. The highest BCUT2D eigenvalue weighted by Crippen LogP contribution is 2.38. The summed E-state index contributed by atoms with van der Waals surface area (Å²) >= 11 is 1.44. The lowest BCUT2D eigenvalue weighted by molar-refractivity contribution is 0.414. The van der Waals surface area contributed by atoms with Gasteiger partial charge in [-0.25, -0.2) is 9.97 Å². The first kappa shape index (κ1) is 15.9. The van der Waals surface area contributed by atoms with Crippen molar-refractivity contribution in [3.05, 3.63) is 42.2 Å². The molecule has 1 aliphatic rings. The number of benzene rings is 1. The Bertz CT molecular complexity index is 894. The number of nitrogen functional groups attached to an aromatic ring is 1. The second-order valence-electron chi connectivity index (χ2n) is 5.75. The van der Waals surface area contributed by atoms with Crippen LogP contribution in [0.5, 0.6) is 5.75 Å². The predicted octanol–water partition coefficient (Wildman–Crippen LogP) is 3.29. The third-order valence-corrected chi connectivity index (χ3v) is 4.66. The van der Waals surface area contributed by atoms with E-state index in [-0.39, 0.29) is 5.95 Å². The van der Waals surface area contributed by atoms with Gasteiger partial charge in [0, 0.05) is 11.5 Å². The van der Waals surface area contributed by atoms with Crippen molar-refractivity contribution in [1.29, 1.82) is 0 Å². The fourth-order valence-electron chi connectivity index (χ4n) is 2.39. The molecule has 3 aromatic rings. The van der Waals surface area contributed by atoms with E-state index in [1.54, 1.807) is 13.3 Å². The summed E-state index contributed by atoms with van der Waals surface area (Å²) in [4.78, 5) is 17.2. The van der Waals surface area contributed by atoms with Gasteiger partial charge in [-0.1, -0.05) is 23.9 Å². The van der Waals surface area contributed by atoms with Gasteiger partial charge in [0.25, 0.3) is 0 Å². The number of oxazole rings is 1. The molecule has 0 bridgehead atoms. The Morgan fingerprint density at radius 3 is 2.96 bits per heavy atom. The largest absolute Gasteiger partial charge is 0.497 e. The molecule has 7 nitrogen and oxygen atoms in total. The van der Waals surface area contributed by atoms with Crippen molar-refractivity contribution in [3.63, 3.8) is 0 Å². The van der Waals surface area contributed by atoms with Crippen molar-refractivity contribution in [2.24, 2.45) is 0 Å². The van der Waals surface area contributed by atoms with Gasteiger partial charge in [-0.05, 0) is 25.0 Å². The van der Waals surface area contributed by atoms with E-state index < -0.39 is 0 Å². The number of ether oxygens (including phenoxy) is 1. The van der Waals surface area contributed by atoms with Gasteiger partial charge >= 0.3 is 0 Å². The topological polar surface area (TPSA) is 100.0 Å². The minimum absolute atomic E-state index is 0.267. The average molecular weight is 355 g/mol. The zero-order chi connectivity index (χ0) is 17.2. The van der Waals surface area contributed by atoms with E-state index in [0.717, 1.165) is 30.0 Å². The average Bonchev–Trinajstić information content (AvgIpc) is 3.38. The smallest absolute Gasteiger partial charge is 0.224 e. The predicted molar refractivity (Wildman–Crippen MR) is 94.3 cm³/mol. The van der Waals surface area contributed by atoms with Crippen molar-refractivity contribution < 1.29 is 9.15 Å². The van der Waals surface area contributed by atoms with E-state index in [4.69, 9.17) is 14.9 Å². The monoisotopic (exact) mass is 355 g/mol. The molecule has 2 heterocycles. The molecule has 4 rings (SSSR count). The molecule has 1 aliphatic carbocycles. The van der Waals surface area contributed by atoms with Gasteiger partial charge in [0.2, 0.25) is 11.8 Å². The summed E-state index contributed by atoms with van der Waals surface area (Å²) < 4.78 is 11.1. The summed E-state index contributed by atoms with van der Waals surface area (Å²) in [7, 11) is 1.64. The molecule has 2 aromatic heterocycles. The highest BCUT2D eigenvalue weighted by Gasteiger charge is 2.27. The maximum absolute atomic E-state index is 5.82. The van der Waals surface area contributed by atoms with Crippen molar-refractivity contribution in [2.75, 3.05) is 12.8 Å². The Morgan fingerprint density at radius 2 is 2.16 bits per heavy atom. The van der Waals surface area contributed by atoms with Crippen LogP contribution < -0.4 is 10.5 Å². The van der Waals surface area contributed by atoms with Crippen LogP contribution in [0.3, 0.4) is 0 Å². The Hall–Kier alpha value is -2.61. The first-order chi connectivity index (χ1) is 12.2. The second-order valence-corrected chi connectivity index (χ2v) is 6.69. The lowest BCUT2D eigenvalue weighted by Gasteiger charge is -2.02. The molecule has 0 aliphatic heterocycles. The Balaban J connectivity index is 1.46. The maximum atomic E-state index is 5.82. The summed E-state index contributed by atoms with van der Waals surface area (Å²) in [5, 5.41) is 0.607. The summed E-state index contributed by atoms with van der Waals surface area (Å²) in [6, 6.07) is 7.66. The molecular weight excluding hydrogens is 338 g/mol. The van der Waals surface area contributed by atoms with Crippen LogP contribution in [-0.2, 0) is 5.75 Å². The number of nitrogens with two attached hydrogens (primary N) is 1. The number of nitrogens with zero attached hydrogens (tertiary/aromatic N) is 4. The molecule has 0 saturated heterocycles. The van der Waals surface area contributed by atoms with Crippen LogP contribution in [0.2, 0.25) is 0 Å². The molecule has 128 valence electrons. The summed E-state index contributed by atoms with van der Waals surface area (Å²) in [5.74, 6) is 4.10. The van der Waals surface area contributed by atoms with Crippen LogP contribution in [-0.4, -0.2) is 27.0 Å². The number of methoxy groups -OCH3 is 1. The molecular formula is C17H17N5O2S. The number of hydrogen-bond acceptors (Lipinski definition) is 8. The lowest BCUT2D eigenvalue weighted by Crippen LogP contribution is -2.03. The maximum Gasteiger partial charge on any atom is 0.224 e. The molecule has 0 radical (unpaired) electrons. The first-order valence-corrected chi connectivity index (χ1v) is 8.93. The molecule has 0 atom stereocenters. The molecule has 1 fully saturated rings. The molecule has 1 aromatic carbocycles. The molecule has 0 amide bonds. The molecule has 8 heteroatoms. The standard InChI is InChI=1S/C17H17N5O2S/c1-23-12-4-2-3-11(7-12)13-8-19-14(24-13)9-25-17-21-15(10-5-6-10)20-16(18)22-17/h2-4,7-8,10H,5-6,9H2,1H3,(H2,18,20,21,22). The molecule has 2 N–H and O–H groups in total. The van der Waals surface area contributed by atoms with Gasteiger partial charge in [0.1, 0.15) is 11.6 Å². The van der Waals surface area contributed by atoms with Crippen LogP contribution in [0.15, 0.2) is 40.0 Å². The third-order valence-electron chi connectivity index (χ3n) is 3.82. The van der Waals surface area contributed by atoms with E-state index in [1.165, 1.54) is 11.8 Å². The van der Waals surface area contributed by atoms with Gasteiger partial charge in [-0.2, -0.15) is 9.97 Å². The van der Waals surface area contributed by atoms with E-state index >= 15 is 0 Å². The number of rotatable bonds is 6. The van der Waals surface area contributed by atoms with Gasteiger partial charge < -0.3 is 14.9 Å². The molecule has 1 saturated carbocycles. The van der Waals surface area contributed by atoms with E-state index in [9.17, 15) is 0 Å². The van der Waals surface area contributed by atoms with Gasteiger partial charge in [0.05, 0.1) is 19.1 Å². The van der Waals surface area contributed by atoms with Crippen molar-refractivity contribution in [3.8, 4) is 17.1 Å². The number of hydrogen-bond donors (Lipinski definition) is 1. The van der Waals surface area contributed by atoms with Crippen LogP contribution in [0, 0.1) is 0 Å². The Morgan fingerprint density at radius 1 is 1.28 bits per heavy atom. The summed E-state index contributed by atoms with van der Waals surface area (Å²) in [5.41, 5.74) is 6.69.